The average Bonchev–Trinajstić information content (AvgIpc) is 2.87. The highest BCUT2D eigenvalue weighted by Gasteiger charge is 2.06. The summed E-state index contributed by atoms with van der Waals surface area (Å²) in [6, 6.07) is 3.80. The molecule has 0 aromatic carbocycles. The Morgan fingerprint density at radius 3 is 3.19 bits per heavy atom. The van der Waals surface area contributed by atoms with Gasteiger partial charge in [-0.25, -0.2) is 0 Å². The molecule has 0 fully saturated rings. The summed E-state index contributed by atoms with van der Waals surface area (Å²) in [7, 11) is 0. The first-order chi connectivity index (χ1) is 7.75. The Hall–Kier alpha value is -1.01. The van der Waals surface area contributed by atoms with Gasteiger partial charge < -0.3 is 8.98 Å². The first kappa shape index (κ1) is 11.5. The third-order valence-electron chi connectivity index (χ3n) is 1.84. The van der Waals surface area contributed by atoms with Gasteiger partial charge in [0, 0.05) is 5.75 Å². The second-order valence-electron chi connectivity index (χ2n) is 3.13. The summed E-state index contributed by atoms with van der Waals surface area (Å²) in [5, 5.41) is 8.79. The van der Waals surface area contributed by atoms with Crippen molar-refractivity contribution in [2.45, 2.75) is 11.7 Å². The number of halogens is 1. The SMILES string of the molecule is C=C(Br)CSc1nncn1Cc1ccco1. The van der Waals surface area contributed by atoms with Gasteiger partial charge in [0.2, 0.25) is 0 Å². The van der Waals surface area contributed by atoms with Crippen LogP contribution in [-0.4, -0.2) is 20.5 Å². The van der Waals surface area contributed by atoms with E-state index in [1.165, 1.54) is 0 Å². The van der Waals surface area contributed by atoms with Crippen molar-refractivity contribution in [3.8, 4) is 0 Å². The van der Waals surface area contributed by atoms with Gasteiger partial charge in [-0.1, -0.05) is 34.3 Å². The number of furan rings is 1. The van der Waals surface area contributed by atoms with Gasteiger partial charge in [-0.2, -0.15) is 0 Å². The Bertz CT molecular complexity index is 466. The lowest BCUT2D eigenvalue weighted by Gasteiger charge is -2.03. The summed E-state index contributed by atoms with van der Waals surface area (Å²) >= 11 is 4.90. The van der Waals surface area contributed by atoms with E-state index in [-0.39, 0.29) is 0 Å². The fourth-order valence-corrected chi connectivity index (χ4v) is 2.19. The number of nitrogens with zero attached hydrogens (tertiary/aromatic N) is 3. The summed E-state index contributed by atoms with van der Waals surface area (Å²) in [5.74, 6) is 1.66. The van der Waals surface area contributed by atoms with Crippen LogP contribution in [0.4, 0.5) is 0 Å². The van der Waals surface area contributed by atoms with Gasteiger partial charge in [-0.15, -0.1) is 10.2 Å². The molecule has 0 saturated heterocycles. The Balaban J connectivity index is 2.04. The third kappa shape index (κ3) is 2.99. The predicted molar refractivity (Wildman–Crippen MR) is 66.6 cm³/mol. The minimum absolute atomic E-state index is 0.650. The van der Waals surface area contributed by atoms with E-state index in [0.717, 1.165) is 21.2 Å². The molecule has 2 rings (SSSR count). The molecule has 16 heavy (non-hydrogen) atoms. The second-order valence-corrected chi connectivity index (χ2v) is 5.19. The van der Waals surface area contributed by atoms with Crippen LogP contribution in [0.1, 0.15) is 5.76 Å². The molecule has 0 amide bonds. The Morgan fingerprint density at radius 1 is 1.62 bits per heavy atom. The van der Waals surface area contributed by atoms with E-state index in [1.807, 2.05) is 16.7 Å². The lowest BCUT2D eigenvalue weighted by Crippen LogP contribution is -1.99. The van der Waals surface area contributed by atoms with Gasteiger partial charge in [-0.3, -0.25) is 0 Å². The lowest BCUT2D eigenvalue weighted by molar-refractivity contribution is 0.484. The van der Waals surface area contributed by atoms with Crippen LogP contribution < -0.4 is 0 Å². The highest BCUT2D eigenvalue weighted by atomic mass is 79.9. The van der Waals surface area contributed by atoms with Gasteiger partial charge in [0.1, 0.15) is 12.1 Å². The predicted octanol–water partition coefficient (Wildman–Crippen LogP) is 2.92. The summed E-state index contributed by atoms with van der Waals surface area (Å²) in [4.78, 5) is 0. The standard InChI is InChI=1S/C10H10BrN3OS/c1-8(11)6-16-10-13-12-7-14(10)5-9-3-2-4-15-9/h2-4,7H,1,5-6H2. The van der Waals surface area contributed by atoms with Gasteiger partial charge in [0.25, 0.3) is 0 Å². The maximum Gasteiger partial charge on any atom is 0.191 e. The highest BCUT2D eigenvalue weighted by molar-refractivity contribution is 9.11. The van der Waals surface area contributed by atoms with Crippen LogP contribution in [-0.2, 0) is 6.54 Å². The number of hydrogen-bond acceptors (Lipinski definition) is 4. The fraction of sp³-hybridized carbons (Fsp3) is 0.200. The van der Waals surface area contributed by atoms with Crippen molar-refractivity contribution < 1.29 is 4.42 Å². The quantitative estimate of drug-likeness (QED) is 0.796. The Labute approximate surface area is 106 Å². The monoisotopic (exact) mass is 299 g/mol. The van der Waals surface area contributed by atoms with Crippen LogP contribution in [0, 0.1) is 0 Å². The molecule has 4 nitrogen and oxygen atoms in total. The van der Waals surface area contributed by atoms with Crippen LogP contribution in [0.3, 0.4) is 0 Å². The molecule has 2 aromatic heterocycles. The molecular weight excluding hydrogens is 290 g/mol. The van der Waals surface area contributed by atoms with E-state index in [9.17, 15) is 0 Å². The van der Waals surface area contributed by atoms with E-state index in [1.54, 1.807) is 24.4 Å². The fourth-order valence-electron chi connectivity index (χ4n) is 1.18. The van der Waals surface area contributed by atoms with Crippen molar-refractivity contribution in [3.05, 3.63) is 41.5 Å². The van der Waals surface area contributed by atoms with E-state index < -0.39 is 0 Å². The number of thioether (sulfide) groups is 1. The van der Waals surface area contributed by atoms with E-state index in [4.69, 9.17) is 4.42 Å². The average molecular weight is 300 g/mol. The molecule has 0 saturated carbocycles. The topological polar surface area (TPSA) is 43.9 Å². The molecule has 2 heterocycles. The van der Waals surface area contributed by atoms with Crippen LogP contribution >= 0.6 is 27.7 Å². The first-order valence-electron chi connectivity index (χ1n) is 4.62. The number of rotatable bonds is 5. The summed E-state index contributed by atoms with van der Waals surface area (Å²) in [5.41, 5.74) is 0. The smallest absolute Gasteiger partial charge is 0.191 e. The van der Waals surface area contributed by atoms with Crippen LogP contribution in [0.5, 0.6) is 0 Å². The largest absolute Gasteiger partial charge is 0.467 e. The van der Waals surface area contributed by atoms with Crippen molar-refractivity contribution in [3.63, 3.8) is 0 Å². The molecule has 84 valence electrons. The second kappa shape index (κ2) is 5.36. The Morgan fingerprint density at radius 2 is 2.50 bits per heavy atom. The van der Waals surface area contributed by atoms with E-state index >= 15 is 0 Å². The molecule has 0 bridgehead atoms. The molecule has 0 aliphatic rings. The molecule has 6 heteroatoms. The molecule has 0 unspecified atom stereocenters. The molecule has 0 N–H and O–H groups in total. The van der Waals surface area contributed by atoms with Crippen molar-refractivity contribution in [2.24, 2.45) is 0 Å². The summed E-state index contributed by atoms with van der Waals surface area (Å²) in [6.07, 6.45) is 3.36. The zero-order chi connectivity index (χ0) is 11.4. The zero-order valence-corrected chi connectivity index (χ0v) is 10.9. The number of aromatic nitrogens is 3. The van der Waals surface area contributed by atoms with Gasteiger partial charge in [0.05, 0.1) is 12.8 Å². The molecular formula is C10H10BrN3OS. The van der Waals surface area contributed by atoms with Crippen LogP contribution in [0.15, 0.2) is 45.4 Å². The van der Waals surface area contributed by atoms with Crippen molar-refractivity contribution in [2.75, 3.05) is 5.75 Å². The molecule has 0 atom stereocenters. The normalized spacial score (nSPS) is 10.6. The molecule has 0 aliphatic heterocycles. The zero-order valence-electron chi connectivity index (χ0n) is 8.47. The maximum atomic E-state index is 5.27. The van der Waals surface area contributed by atoms with Gasteiger partial charge in [-0.05, 0) is 16.6 Å². The van der Waals surface area contributed by atoms with Crippen molar-refractivity contribution in [1.82, 2.24) is 14.8 Å². The number of hydrogen-bond donors (Lipinski definition) is 0. The van der Waals surface area contributed by atoms with Crippen molar-refractivity contribution in [1.29, 1.82) is 0 Å². The Kier molecular flexibility index (Phi) is 3.84. The van der Waals surface area contributed by atoms with Crippen LogP contribution in [0.2, 0.25) is 0 Å². The van der Waals surface area contributed by atoms with E-state index in [2.05, 4.69) is 32.7 Å². The maximum absolute atomic E-state index is 5.27. The minimum atomic E-state index is 0.650. The van der Waals surface area contributed by atoms with Gasteiger partial charge in [0.15, 0.2) is 5.16 Å². The highest BCUT2D eigenvalue weighted by Crippen LogP contribution is 2.20. The summed E-state index contributed by atoms with van der Waals surface area (Å²) < 4.78 is 8.15. The van der Waals surface area contributed by atoms with Gasteiger partial charge >= 0.3 is 0 Å². The summed E-state index contributed by atoms with van der Waals surface area (Å²) in [6.45, 7) is 4.43. The molecule has 2 aromatic rings. The van der Waals surface area contributed by atoms with Crippen molar-refractivity contribution >= 4 is 27.7 Å². The first-order valence-corrected chi connectivity index (χ1v) is 6.40. The lowest BCUT2D eigenvalue weighted by atomic mass is 10.4. The van der Waals surface area contributed by atoms with E-state index in [0.29, 0.717) is 6.54 Å². The molecule has 0 radical (unpaired) electrons. The minimum Gasteiger partial charge on any atom is -0.467 e. The molecule has 0 spiro atoms. The van der Waals surface area contributed by atoms with Crippen LogP contribution in [0.25, 0.3) is 0 Å². The molecule has 0 aliphatic carbocycles. The third-order valence-corrected chi connectivity index (χ3v) is 3.56.